The summed E-state index contributed by atoms with van der Waals surface area (Å²) in [6, 6.07) is 10.2. The average Bonchev–Trinajstić information content (AvgIpc) is 2.47. The first-order chi connectivity index (χ1) is 10.7. The smallest absolute Gasteiger partial charge is 0.200 e. The summed E-state index contributed by atoms with van der Waals surface area (Å²) < 4.78 is 62.3. The highest BCUT2D eigenvalue weighted by Gasteiger charge is 2.30. The largest absolute Gasteiger partial charge is 0.416 e. The van der Waals surface area contributed by atoms with Gasteiger partial charge in [-0.2, -0.15) is 26.7 Å². The molecule has 4 nitrogen and oxygen atoms in total. The van der Waals surface area contributed by atoms with Gasteiger partial charge in [0.1, 0.15) is 0 Å². The summed E-state index contributed by atoms with van der Waals surface area (Å²) in [7, 11) is -3.88. The van der Waals surface area contributed by atoms with Crippen molar-refractivity contribution < 1.29 is 21.6 Å². The molecule has 122 valence electrons. The zero-order valence-electron chi connectivity index (χ0n) is 11.4. The highest BCUT2D eigenvalue weighted by molar-refractivity contribution is 9.10. The molecule has 2 aromatic rings. The zero-order valence-corrected chi connectivity index (χ0v) is 13.8. The Morgan fingerprint density at radius 1 is 1.09 bits per heavy atom. The molecule has 0 heterocycles. The first-order valence-electron chi connectivity index (χ1n) is 6.16. The van der Waals surface area contributed by atoms with Crippen LogP contribution >= 0.6 is 15.9 Å². The topological polar surface area (TPSA) is 58.5 Å². The normalized spacial score (nSPS) is 12.5. The van der Waals surface area contributed by atoms with E-state index in [9.17, 15) is 21.6 Å². The number of alkyl halides is 3. The Hall–Kier alpha value is -1.87. The molecule has 1 N–H and O–H groups in total. The molecule has 0 amide bonds. The summed E-state index contributed by atoms with van der Waals surface area (Å²) in [4.78, 5) is 1.93. The molecule has 9 heteroatoms. The van der Waals surface area contributed by atoms with Gasteiger partial charge >= 0.3 is 6.18 Å². The third kappa shape index (κ3) is 4.80. The van der Waals surface area contributed by atoms with Gasteiger partial charge in [0.2, 0.25) is 0 Å². The summed E-state index contributed by atoms with van der Waals surface area (Å²) >= 11 is 3.18. The molecule has 0 aromatic heterocycles. The van der Waals surface area contributed by atoms with Crippen LogP contribution in [0.2, 0.25) is 0 Å². The Labute approximate surface area is 139 Å². The monoisotopic (exact) mass is 406 g/mol. The Balaban J connectivity index is 2.14. The summed E-state index contributed by atoms with van der Waals surface area (Å²) in [5.41, 5.74) is -0.712. The van der Waals surface area contributed by atoms with Crippen molar-refractivity contribution in [3.63, 3.8) is 0 Å². The number of rotatable bonds is 4. The number of hydrogen-bond donors (Lipinski definition) is 1. The minimum Gasteiger partial charge on any atom is -0.200 e. The van der Waals surface area contributed by atoms with Crippen molar-refractivity contribution in [1.29, 1.82) is 0 Å². The van der Waals surface area contributed by atoms with Crippen molar-refractivity contribution in [3.05, 3.63) is 64.1 Å². The maximum atomic E-state index is 12.6. The van der Waals surface area contributed by atoms with Crippen LogP contribution in [0.3, 0.4) is 0 Å². The van der Waals surface area contributed by atoms with Crippen LogP contribution in [0.1, 0.15) is 11.1 Å². The molecule has 2 aromatic carbocycles. The van der Waals surface area contributed by atoms with E-state index in [4.69, 9.17) is 0 Å². The molecule has 0 aliphatic rings. The molecule has 2 rings (SSSR count). The molecule has 0 unspecified atom stereocenters. The van der Waals surface area contributed by atoms with Gasteiger partial charge in [0.15, 0.2) is 0 Å². The fraction of sp³-hybridized carbons (Fsp3) is 0.0714. The summed E-state index contributed by atoms with van der Waals surface area (Å²) in [6.45, 7) is 0. The van der Waals surface area contributed by atoms with Crippen molar-refractivity contribution in [2.75, 3.05) is 0 Å². The van der Waals surface area contributed by atoms with E-state index in [2.05, 4.69) is 21.0 Å². The Bertz CT molecular complexity index is 819. The predicted molar refractivity (Wildman–Crippen MR) is 83.5 cm³/mol. The van der Waals surface area contributed by atoms with Crippen LogP contribution in [0.5, 0.6) is 0 Å². The second-order valence-electron chi connectivity index (χ2n) is 4.43. The van der Waals surface area contributed by atoms with Gasteiger partial charge in [0.05, 0.1) is 16.7 Å². The number of hydrazone groups is 1. The van der Waals surface area contributed by atoms with Gasteiger partial charge in [-0.1, -0.05) is 28.1 Å². The van der Waals surface area contributed by atoms with E-state index in [0.29, 0.717) is 4.47 Å². The molecule has 0 atom stereocenters. The molecule has 0 aliphatic heterocycles. The van der Waals surface area contributed by atoms with E-state index in [0.717, 1.165) is 18.3 Å². The Morgan fingerprint density at radius 2 is 1.74 bits per heavy atom. The minimum absolute atomic E-state index is 0.0121. The van der Waals surface area contributed by atoms with E-state index >= 15 is 0 Å². The number of nitrogens with zero attached hydrogens (tertiary/aromatic N) is 1. The lowest BCUT2D eigenvalue weighted by molar-refractivity contribution is -0.137. The van der Waals surface area contributed by atoms with Crippen molar-refractivity contribution in [3.8, 4) is 0 Å². The second kappa shape index (κ2) is 6.71. The number of halogens is 4. The summed E-state index contributed by atoms with van der Waals surface area (Å²) in [6.07, 6.45) is -3.47. The highest BCUT2D eigenvalue weighted by Crippen LogP contribution is 2.29. The van der Waals surface area contributed by atoms with E-state index in [1.54, 1.807) is 12.1 Å². The maximum Gasteiger partial charge on any atom is 0.416 e. The predicted octanol–water partition coefficient (Wildman–Crippen LogP) is 3.78. The van der Waals surface area contributed by atoms with Crippen molar-refractivity contribution in [2.45, 2.75) is 11.1 Å². The standard InChI is InChI=1S/C14H10BrF3N2O2S/c15-12-4-6-13(7-5-12)23(21,22)20-19-9-10-2-1-3-11(8-10)14(16,17)18/h1-9,20H. The van der Waals surface area contributed by atoms with Gasteiger partial charge in [-0.05, 0) is 42.0 Å². The average molecular weight is 407 g/mol. The SMILES string of the molecule is O=S(=O)(NN=Cc1cccc(C(F)(F)F)c1)c1ccc(Br)cc1. The number of benzene rings is 2. The molecule has 23 heavy (non-hydrogen) atoms. The molecule has 0 bridgehead atoms. The highest BCUT2D eigenvalue weighted by atomic mass is 79.9. The van der Waals surface area contributed by atoms with Crippen LogP contribution < -0.4 is 4.83 Å². The quantitative estimate of drug-likeness (QED) is 0.620. The lowest BCUT2D eigenvalue weighted by atomic mass is 10.1. The van der Waals surface area contributed by atoms with Crippen LogP contribution in [0.25, 0.3) is 0 Å². The third-order valence-corrected chi connectivity index (χ3v) is 4.49. The van der Waals surface area contributed by atoms with Gasteiger partial charge in [-0.25, -0.2) is 4.83 Å². The molecule has 0 aliphatic carbocycles. The van der Waals surface area contributed by atoms with E-state index in [1.807, 2.05) is 4.83 Å². The molecule has 0 spiro atoms. The third-order valence-electron chi connectivity index (χ3n) is 2.72. The van der Waals surface area contributed by atoms with Crippen LogP contribution in [-0.2, 0) is 16.2 Å². The molecule has 0 radical (unpaired) electrons. The first-order valence-corrected chi connectivity index (χ1v) is 8.44. The van der Waals surface area contributed by atoms with Crippen LogP contribution in [0, 0.1) is 0 Å². The lowest BCUT2D eigenvalue weighted by Gasteiger charge is -2.06. The Morgan fingerprint density at radius 3 is 2.35 bits per heavy atom. The van der Waals surface area contributed by atoms with Gasteiger partial charge in [-0.15, -0.1) is 0 Å². The van der Waals surface area contributed by atoms with Crippen LogP contribution in [-0.4, -0.2) is 14.6 Å². The molecule has 0 fully saturated rings. The van der Waals surface area contributed by atoms with E-state index in [-0.39, 0.29) is 10.5 Å². The van der Waals surface area contributed by atoms with Gasteiger partial charge in [0.25, 0.3) is 10.0 Å². The Kier molecular flexibility index (Phi) is 5.10. The molecule has 0 saturated carbocycles. The molecule has 0 saturated heterocycles. The minimum atomic E-state index is -4.47. The molecular weight excluding hydrogens is 397 g/mol. The van der Waals surface area contributed by atoms with Crippen molar-refractivity contribution >= 4 is 32.2 Å². The van der Waals surface area contributed by atoms with Crippen LogP contribution in [0.15, 0.2) is 63.0 Å². The van der Waals surface area contributed by atoms with Gasteiger partial charge < -0.3 is 0 Å². The van der Waals surface area contributed by atoms with E-state index < -0.39 is 21.8 Å². The molecular formula is C14H10BrF3N2O2S. The fourth-order valence-corrected chi connectivity index (χ4v) is 2.69. The zero-order chi connectivity index (χ0) is 17.1. The van der Waals surface area contributed by atoms with Gasteiger partial charge in [-0.3, -0.25) is 0 Å². The van der Waals surface area contributed by atoms with Gasteiger partial charge in [0, 0.05) is 4.47 Å². The number of hydrogen-bond acceptors (Lipinski definition) is 3. The lowest BCUT2D eigenvalue weighted by Crippen LogP contribution is -2.18. The second-order valence-corrected chi connectivity index (χ2v) is 7.01. The van der Waals surface area contributed by atoms with E-state index in [1.165, 1.54) is 24.3 Å². The fourth-order valence-electron chi connectivity index (χ4n) is 1.63. The summed E-state index contributed by atoms with van der Waals surface area (Å²) in [5.74, 6) is 0. The first kappa shape index (κ1) is 17.5. The maximum absolute atomic E-state index is 12.6. The summed E-state index contributed by atoms with van der Waals surface area (Å²) in [5, 5.41) is 3.49. The van der Waals surface area contributed by atoms with Crippen LogP contribution in [0.4, 0.5) is 13.2 Å². The number of sulfonamides is 1. The van der Waals surface area contributed by atoms with Crippen molar-refractivity contribution in [1.82, 2.24) is 4.83 Å². The van der Waals surface area contributed by atoms with Crippen molar-refractivity contribution in [2.24, 2.45) is 5.10 Å². The number of nitrogens with one attached hydrogen (secondary N) is 1.